The largest absolute Gasteiger partial charge is 0.349 e. The molecule has 0 aromatic heterocycles. The average Bonchev–Trinajstić information content (AvgIpc) is 2.50. The second kappa shape index (κ2) is 6.71. The predicted molar refractivity (Wildman–Crippen MR) is 87.8 cm³/mol. The summed E-state index contributed by atoms with van der Waals surface area (Å²) in [6.45, 7) is 0. The van der Waals surface area contributed by atoms with Gasteiger partial charge in [0.25, 0.3) is 0 Å². The van der Waals surface area contributed by atoms with E-state index < -0.39 is 0 Å². The summed E-state index contributed by atoms with van der Waals surface area (Å²) in [5.74, 6) is 0.424. The number of carbonyl (C=O) groups excluding carboxylic acids is 1. The summed E-state index contributed by atoms with van der Waals surface area (Å²) in [4.78, 5) is 13.4. The van der Waals surface area contributed by atoms with Crippen LogP contribution < -0.4 is 5.32 Å². The van der Waals surface area contributed by atoms with Gasteiger partial charge in [-0.05, 0) is 41.8 Å². The average molecular weight is 336 g/mol. The number of carbonyl (C=O) groups is 1. The molecule has 114 valence electrons. The van der Waals surface area contributed by atoms with Crippen LogP contribution in [0.4, 0.5) is 4.39 Å². The second-order valence-corrected chi connectivity index (χ2v) is 6.78. The predicted octanol–water partition coefficient (Wildman–Crippen LogP) is 4.37. The fourth-order valence-corrected chi connectivity index (χ4v) is 3.86. The molecule has 2 aromatic rings. The maximum absolute atomic E-state index is 13.6. The second-order valence-electron chi connectivity index (χ2n) is 5.21. The maximum atomic E-state index is 13.6. The topological polar surface area (TPSA) is 29.1 Å². The van der Waals surface area contributed by atoms with E-state index in [2.05, 4.69) is 5.32 Å². The summed E-state index contributed by atoms with van der Waals surface area (Å²) in [7, 11) is 0. The van der Waals surface area contributed by atoms with Crippen molar-refractivity contribution < 1.29 is 9.18 Å². The highest BCUT2D eigenvalue weighted by Crippen LogP contribution is 2.37. The highest BCUT2D eigenvalue weighted by atomic mass is 35.5. The van der Waals surface area contributed by atoms with Crippen molar-refractivity contribution in [2.45, 2.75) is 23.8 Å². The number of fused-ring (bicyclic) bond motifs is 1. The van der Waals surface area contributed by atoms with Gasteiger partial charge in [-0.15, -0.1) is 11.8 Å². The van der Waals surface area contributed by atoms with E-state index in [0.717, 1.165) is 22.6 Å². The molecule has 1 atom stereocenters. The Balaban J connectivity index is 1.73. The number of nitrogens with one attached hydrogen (secondary N) is 1. The number of hydrogen-bond donors (Lipinski definition) is 1. The van der Waals surface area contributed by atoms with E-state index in [1.807, 2.05) is 18.2 Å². The van der Waals surface area contributed by atoms with E-state index in [9.17, 15) is 9.18 Å². The summed E-state index contributed by atoms with van der Waals surface area (Å²) < 4.78 is 13.6. The Bertz CT molecular complexity index is 707. The van der Waals surface area contributed by atoms with Crippen molar-refractivity contribution in [1.29, 1.82) is 0 Å². The molecule has 0 saturated carbocycles. The number of hydrogen-bond acceptors (Lipinski definition) is 2. The molecule has 1 unspecified atom stereocenters. The Morgan fingerprint density at radius 2 is 2.14 bits per heavy atom. The van der Waals surface area contributed by atoms with Crippen LogP contribution in [0.5, 0.6) is 0 Å². The number of thioether (sulfide) groups is 1. The molecule has 0 spiro atoms. The maximum Gasteiger partial charge on any atom is 0.225 e. The fourth-order valence-electron chi connectivity index (χ4n) is 2.58. The monoisotopic (exact) mass is 335 g/mol. The molecule has 1 amide bonds. The molecule has 3 rings (SSSR count). The Hall–Kier alpha value is -1.52. The third-order valence-corrected chi connectivity index (χ3v) is 5.01. The molecule has 2 aromatic carbocycles. The molecule has 2 nitrogen and oxygen atoms in total. The number of benzene rings is 2. The highest BCUT2D eigenvalue weighted by molar-refractivity contribution is 7.99. The molecule has 0 saturated heterocycles. The molecular formula is C17H15ClFNOS. The van der Waals surface area contributed by atoms with E-state index in [1.54, 1.807) is 30.0 Å². The molecule has 22 heavy (non-hydrogen) atoms. The van der Waals surface area contributed by atoms with Crippen molar-refractivity contribution in [2.24, 2.45) is 0 Å². The molecule has 0 radical (unpaired) electrons. The normalized spacial score (nSPS) is 16.9. The van der Waals surface area contributed by atoms with Gasteiger partial charge in [-0.3, -0.25) is 4.79 Å². The van der Waals surface area contributed by atoms with Crippen molar-refractivity contribution in [3.8, 4) is 0 Å². The van der Waals surface area contributed by atoms with E-state index in [-0.39, 0.29) is 24.2 Å². The minimum Gasteiger partial charge on any atom is -0.349 e. The summed E-state index contributed by atoms with van der Waals surface area (Å²) in [6, 6.07) is 12.0. The van der Waals surface area contributed by atoms with Crippen LogP contribution in [0.25, 0.3) is 0 Å². The molecule has 0 aliphatic carbocycles. The van der Waals surface area contributed by atoms with E-state index in [1.165, 1.54) is 6.07 Å². The van der Waals surface area contributed by atoms with Gasteiger partial charge >= 0.3 is 0 Å². The van der Waals surface area contributed by atoms with Crippen LogP contribution in [0, 0.1) is 5.82 Å². The standard InChI is InChI=1S/C17H15ClFNOS/c18-12-5-6-16-13(10-12)15(7-8-22-16)20-17(21)9-11-3-1-2-4-14(11)19/h1-6,10,15H,7-9H2,(H,20,21). The van der Waals surface area contributed by atoms with Gasteiger partial charge < -0.3 is 5.32 Å². The first-order valence-corrected chi connectivity index (χ1v) is 8.45. The van der Waals surface area contributed by atoms with Gasteiger partial charge in [-0.2, -0.15) is 0 Å². The van der Waals surface area contributed by atoms with Gasteiger partial charge in [0, 0.05) is 15.7 Å². The zero-order valence-corrected chi connectivity index (χ0v) is 13.4. The lowest BCUT2D eigenvalue weighted by atomic mass is 10.0. The summed E-state index contributed by atoms with van der Waals surface area (Å²) in [5, 5.41) is 3.66. The van der Waals surface area contributed by atoms with E-state index in [0.29, 0.717) is 10.6 Å². The third-order valence-electron chi connectivity index (χ3n) is 3.66. The lowest BCUT2D eigenvalue weighted by molar-refractivity contribution is -0.121. The summed E-state index contributed by atoms with van der Waals surface area (Å²) in [5.41, 5.74) is 1.46. The molecule has 0 fully saturated rings. The molecular weight excluding hydrogens is 321 g/mol. The van der Waals surface area contributed by atoms with Gasteiger partial charge in [-0.25, -0.2) is 4.39 Å². The van der Waals surface area contributed by atoms with Crippen molar-refractivity contribution in [1.82, 2.24) is 5.32 Å². The molecule has 1 heterocycles. The van der Waals surface area contributed by atoms with E-state index >= 15 is 0 Å². The lowest BCUT2D eigenvalue weighted by Gasteiger charge is -2.26. The zero-order chi connectivity index (χ0) is 15.5. The first-order chi connectivity index (χ1) is 10.6. The first-order valence-electron chi connectivity index (χ1n) is 7.08. The number of amides is 1. The van der Waals surface area contributed by atoms with Gasteiger partial charge in [0.15, 0.2) is 0 Å². The minimum absolute atomic E-state index is 0.0478. The van der Waals surface area contributed by atoms with Crippen LogP contribution in [-0.4, -0.2) is 11.7 Å². The van der Waals surface area contributed by atoms with Crippen molar-refractivity contribution in [3.63, 3.8) is 0 Å². The highest BCUT2D eigenvalue weighted by Gasteiger charge is 2.23. The third kappa shape index (κ3) is 3.45. The van der Waals surface area contributed by atoms with Crippen LogP contribution >= 0.6 is 23.4 Å². The zero-order valence-electron chi connectivity index (χ0n) is 11.8. The Morgan fingerprint density at radius 1 is 1.32 bits per heavy atom. The van der Waals surface area contributed by atoms with Crippen LogP contribution in [0.2, 0.25) is 5.02 Å². The SMILES string of the molecule is O=C(Cc1ccccc1F)NC1CCSc2ccc(Cl)cc21. The smallest absolute Gasteiger partial charge is 0.225 e. The molecule has 0 bridgehead atoms. The van der Waals surface area contributed by atoms with Gasteiger partial charge in [0.05, 0.1) is 12.5 Å². The van der Waals surface area contributed by atoms with E-state index in [4.69, 9.17) is 11.6 Å². The Kier molecular flexibility index (Phi) is 4.69. The Morgan fingerprint density at radius 3 is 2.95 bits per heavy atom. The van der Waals surface area contributed by atoms with Crippen molar-refractivity contribution in [3.05, 3.63) is 64.4 Å². The molecule has 1 aliphatic rings. The van der Waals surface area contributed by atoms with Gasteiger partial charge in [-0.1, -0.05) is 29.8 Å². The first kappa shape index (κ1) is 15.4. The van der Waals surface area contributed by atoms with Gasteiger partial charge in [0.1, 0.15) is 5.82 Å². The summed E-state index contributed by atoms with van der Waals surface area (Å²) >= 11 is 7.82. The van der Waals surface area contributed by atoms with Crippen LogP contribution in [0.1, 0.15) is 23.6 Å². The number of halogens is 2. The van der Waals surface area contributed by atoms with Gasteiger partial charge in [0.2, 0.25) is 5.91 Å². The van der Waals surface area contributed by atoms with Crippen LogP contribution in [0.15, 0.2) is 47.4 Å². The van der Waals surface area contributed by atoms with Crippen molar-refractivity contribution >= 4 is 29.3 Å². The molecule has 1 N–H and O–H groups in total. The molecule has 1 aliphatic heterocycles. The summed E-state index contributed by atoms with van der Waals surface area (Å²) in [6.07, 6.45) is 0.896. The Labute approximate surface area is 138 Å². The number of rotatable bonds is 3. The molecule has 5 heteroatoms. The minimum atomic E-state index is -0.347. The quantitative estimate of drug-likeness (QED) is 0.902. The fraction of sp³-hybridized carbons (Fsp3) is 0.235. The van der Waals surface area contributed by atoms with Crippen molar-refractivity contribution in [2.75, 3.05) is 5.75 Å². The lowest BCUT2D eigenvalue weighted by Crippen LogP contribution is -2.32. The van der Waals surface area contributed by atoms with Crippen LogP contribution in [0.3, 0.4) is 0 Å². The van der Waals surface area contributed by atoms with Crippen LogP contribution in [-0.2, 0) is 11.2 Å².